The molecule has 1 aliphatic rings. The molecule has 1 fully saturated rings. The largest absolute Gasteiger partial charge is 0.394 e. The van der Waals surface area contributed by atoms with Gasteiger partial charge in [-0.1, -0.05) is 29.8 Å². The Hall–Kier alpha value is -1.36. The Morgan fingerprint density at radius 2 is 2.04 bits per heavy atom. The molecule has 2 aromatic rings. The highest BCUT2D eigenvalue weighted by atomic mass is 35.5. The molecular formula is C19H26ClN3O. The second kappa shape index (κ2) is 7.26. The van der Waals surface area contributed by atoms with E-state index in [1.807, 2.05) is 16.8 Å². The third kappa shape index (κ3) is 3.51. The van der Waals surface area contributed by atoms with E-state index in [0.29, 0.717) is 12.6 Å². The van der Waals surface area contributed by atoms with Gasteiger partial charge in [0.25, 0.3) is 0 Å². The third-order valence-electron chi connectivity index (χ3n) is 5.05. The summed E-state index contributed by atoms with van der Waals surface area (Å²) in [6.45, 7) is 7.93. The highest BCUT2D eigenvalue weighted by Gasteiger charge is 2.34. The van der Waals surface area contributed by atoms with Crippen molar-refractivity contribution in [3.63, 3.8) is 0 Å². The molecule has 4 nitrogen and oxygen atoms in total. The zero-order valence-electron chi connectivity index (χ0n) is 14.7. The fourth-order valence-electron chi connectivity index (χ4n) is 3.44. The minimum Gasteiger partial charge on any atom is -0.394 e. The van der Waals surface area contributed by atoms with E-state index in [9.17, 15) is 5.11 Å². The number of aromatic nitrogens is 2. The minimum atomic E-state index is 0.115. The van der Waals surface area contributed by atoms with Crippen molar-refractivity contribution in [3.05, 3.63) is 51.8 Å². The lowest BCUT2D eigenvalue weighted by atomic mass is 10.0. The van der Waals surface area contributed by atoms with Crippen molar-refractivity contribution in [1.82, 2.24) is 14.7 Å². The van der Waals surface area contributed by atoms with E-state index in [4.69, 9.17) is 11.6 Å². The van der Waals surface area contributed by atoms with Crippen LogP contribution in [0.15, 0.2) is 24.3 Å². The Kier molecular flexibility index (Phi) is 5.28. The van der Waals surface area contributed by atoms with Gasteiger partial charge in [-0.15, -0.1) is 0 Å². The summed E-state index contributed by atoms with van der Waals surface area (Å²) in [7, 11) is 0. The van der Waals surface area contributed by atoms with E-state index in [-0.39, 0.29) is 12.6 Å². The monoisotopic (exact) mass is 347 g/mol. The van der Waals surface area contributed by atoms with Gasteiger partial charge < -0.3 is 5.11 Å². The Labute approximate surface area is 149 Å². The summed E-state index contributed by atoms with van der Waals surface area (Å²) in [4.78, 5) is 2.54. The molecule has 0 aliphatic heterocycles. The van der Waals surface area contributed by atoms with E-state index in [1.54, 1.807) is 0 Å². The lowest BCUT2D eigenvalue weighted by Gasteiger charge is -2.30. The molecule has 0 radical (unpaired) electrons. The molecule has 1 unspecified atom stereocenters. The first-order valence-electron chi connectivity index (χ1n) is 8.66. The molecule has 0 saturated heterocycles. The van der Waals surface area contributed by atoms with Gasteiger partial charge in [-0.3, -0.25) is 9.58 Å². The fourth-order valence-corrected chi connectivity index (χ4v) is 3.73. The molecule has 1 heterocycles. The van der Waals surface area contributed by atoms with Crippen LogP contribution in [0.5, 0.6) is 0 Å². The SMILES string of the molecule is Cc1nn(CCO)c(C)c1CN(C1CC1)C(C)c1ccccc1Cl. The van der Waals surface area contributed by atoms with E-state index in [0.717, 1.165) is 23.0 Å². The molecule has 130 valence electrons. The van der Waals surface area contributed by atoms with Crippen molar-refractivity contribution in [1.29, 1.82) is 0 Å². The summed E-state index contributed by atoms with van der Waals surface area (Å²) in [6.07, 6.45) is 2.50. The lowest BCUT2D eigenvalue weighted by Crippen LogP contribution is -2.29. The Bertz CT molecular complexity index is 709. The number of benzene rings is 1. The maximum Gasteiger partial charge on any atom is 0.0644 e. The van der Waals surface area contributed by atoms with E-state index in [2.05, 4.69) is 42.9 Å². The predicted molar refractivity (Wildman–Crippen MR) is 97.2 cm³/mol. The van der Waals surface area contributed by atoms with Crippen LogP contribution in [0, 0.1) is 13.8 Å². The van der Waals surface area contributed by atoms with E-state index >= 15 is 0 Å². The van der Waals surface area contributed by atoms with Crippen LogP contribution in [0.1, 0.15) is 48.3 Å². The molecule has 1 aromatic heterocycles. The number of nitrogens with zero attached hydrogens (tertiary/aromatic N) is 3. The zero-order valence-corrected chi connectivity index (χ0v) is 15.4. The highest BCUT2D eigenvalue weighted by molar-refractivity contribution is 6.31. The number of hydrogen-bond acceptors (Lipinski definition) is 3. The molecule has 1 aliphatic carbocycles. The van der Waals surface area contributed by atoms with Gasteiger partial charge in [0.05, 0.1) is 18.8 Å². The summed E-state index contributed by atoms with van der Waals surface area (Å²) in [6, 6.07) is 9.01. The van der Waals surface area contributed by atoms with Gasteiger partial charge in [-0.05, 0) is 45.2 Å². The average Bonchev–Trinajstić information content (AvgIpc) is 3.35. The molecule has 1 atom stereocenters. The number of aliphatic hydroxyl groups excluding tert-OH is 1. The molecule has 0 amide bonds. The van der Waals surface area contributed by atoms with Crippen LogP contribution in [0.2, 0.25) is 5.02 Å². The van der Waals surface area contributed by atoms with Crippen LogP contribution >= 0.6 is 11.6 Å². The first-order valence-corrected chi connectivity index (χ1v) is 9.04. The molecule has 1 N–H and O–H groups in total. The van der Waals surface area contributed by atoms with Crippen LogP contribution in [0.25, 0.3) is 0 Å². The third-order valence-corrected chi connectivity index (χ3v) is 5.40. The van der Waals surface area contributed by atoms with E-state index < -0.39 is 0 Å². The van der Waals surface area contributed by atoms with Crippen LogP contribution in [-0.2, 0) is 13.1 Å². The van der Waals surface area contributed by atoms with Gasteiger partial charge in [0.2, 0.25) is 0 Å². The molecular weight excluding hydrogens is 322 g/mol. The molecule has 5 heteroatoms. The van der Waals surface area contributed by atoms with Crippen molar-refractivity contribution < 1.29 is 5.11 Å². The first-order chi connectivity index (χ1) is 11.5. The Morgan fingerprint density at radius 1 is 1.33 bits per heavy atom. The second-order valence-electron chi connectivity index (χ2n) is 6.70. The quantitative estimate of drug-likeness (QED) is 0.826. The zero-order chi connectivity index (χ0) is 17.3. The summed E-state index contributed by atoms with van der Waals surface area (Å²) in [5, 5.41) is 14.6. The highest BCUT2D eigenvalue weighted by Crippen LogP contribution is 2.38. The number of aryl methyl sites for hydroxylation is 1. The number of rotatable bonds is 7. The number of hydrogen-bond donors (Lipinski definition) is 1. The van der Waals surface area contributed by atoms with Crippen LogP contribution in [-0.4, -0.2) is 32.4 Å². The average molecular weight is 348 g/mol. The molecule has 24 heavy (non-hydrogen) atoms. The van der Waals surface area contributed by atoms with Gasteiger partial charge in [-0.2, -0.15) is 5.10 Å². The molecule has 1 aromatic carbocycles. The van der Waals surface area contributed by atoms with Gasteiger partial charge in [0.15, 0.2) is 0 Å². The normalized spacial score (nSPS) is 15.9. The van der Waals surface area contributed by atoms with Crippen LogP contribution in [0.3, 0.4) is 0 Å². The van der Waals surface area contributed by atoms with Crippen molar-refractivity contribution in [2.75, 3.05) is 6.61 Å². The molecule has 0 spiro atoms. The Morgan fingerprint density at radius 3 is 2.67 bits per heavy atom. The van der Waals surface area contributed by atoms with Crippen LogP contribution < -0.4 is 0 Å². The molecule has 0 bridgehead atoms. The Balaban J connectivity index is 1.87. The first kappa shape index (κ1) is 17.5. The lowest BCUT2D eigenvalue weighted by molar-refractivity contribution is 0.190. The number of aliphatic hydroxyl groups is 1. The predicted octanol–water partition coefficient (Wildman–Crippen LogP) is 3.87. The summed E-state index contributed by atoms with van der Waals surface area (Å²) < 4.78 is 1.91. The minimum absolute atomic E-state index is 0.115. The summed E-state index contributed by atoms with van der Waals surface area (Å²) >= 11 is 6.43. The molecule has 3 rings (SSSR count). The van der Waals surface area contributed by atoms with E-state index in [1.165, 1.54) is 24.0 Å². The van der Waals surface area contributed by atoms with Crippen LogP contribution in [0.4, 0.5) is 0 Å². The maximum atomic E-state index is 9.21. The van der Waals surface area contributed by atoms with Crippen molar-refractivity contribution >= 4 is 11.6 Å². The standard InChI is InChI=1S/C19H26ClN3O/c1-13-18(15(3)23(21-13)10-11-24)12-22(16-8-9-16)14(2)17-6-4-5-7-19(17)20/h4-7,14,16,24H,8-12H2,1-3H3. The fraction of sp³-hybridized carbons (Fsp3) is 0.526. The van der Waals surface area contributed by atoms with Gasteiger partial charge >= 0.3 is 0 Å². The smallest absolute Gasteiger partial charge is 0.0644 e. The van der Waals surface area contributed by atoms with Crippen molar-refractivity contribution in [3.8, 4) is 0 Å². The number of halogens is 1. The summed E-state index contributed by atoms with van der Waals surface area (Å²) in [5.41, 5.74) is 4.66. The topological polar surface area (TPSA) is 41.3 Å². The molecule has 1 saturated carbocycles. The van der Waals surface area contributed by atoms with Gasteiger partial charge in [0, 0.05) is 34.9 Å². The summed E-state index contributed by atoms with van der Waals surface area (Å²) in [5.74, 6) is 0. The van der Waals surface area contributed by atoms with Crippen molar-refractivity contribution in [2.24, 2.45) is 0 Å². The maximum absolute atomic E-state index is 9.21. The van der Waals surface area contributed by atoms with Gasteiger partial charge in [0.1, 0.15) is 0 Å². The second-order valence-corrected chi connectivity index (χ2v) is 7.10. The van der Waals surface area contributed by atoms with Crippen molar-refractivity contribution in [2.45, 2.75) is 58.8 Å². The van der Waals surface area contributed by atoms with Gasteiger partial charge in [-0.25, -0.2) is 0 Å².